The highest BCUT2D eigenvalue weighted by Gasteiger charge is 2.28. The van der Waals surface area contributed by atoms with Crippen molar-refractivity contribution in [1.82, 2.24) is 4.90 Å². The van der Waals surface area contributed by atoms with E-state index < -0.39 is 0 Å². The first-order valence-corrected chi connectivity index (χ1v) is 5.33. The Hall–Kier alpha value is -0.0400. The second-order valence-electron chi connectivity index (χ2n) is 4.63. The van der Waals surface area contributed by atoms with Crippen LogP contribution in [0.25, 0.3) is 0 Å². The van der Waals surface area contributed by atoms with Crippen molar-refractivity contribution in [2.45, 2.75) is 33.6 Å². The van der Waals surface area contributed by atoms with Gasteiger partial charge in [0.15, 0.2) is 0 Å². The molecule has 1 saturated heterocycles. The molecule has 0 saturated carbocycles. The number of nitrogens with zero attached hydrogens (tertiary/aromatic N) is 1. The third kappa shape index (κ3) is 2.22. The standard InChI is InChI=1S/C11H23N/c1-5-10-6-7-12(4)8-11(10)9(2)3/h9-11H,5-8H2,1-4H3. The van der Waals surface area contributed by atoms with Crippen LogP contribution in [0.2, 0.25) is 0 Å². The maximum atomic E-state index is 2.48. The molecule has 1 fully saturated rings. The van der Waals surface area contributed by atoms with Crippen molar-refractivity contribution in [3.8, 4) is 0 Å². The van der Waals surface area contributed by atoms with E-state index in [9.17, 15) is 0 Å². The first-order chi connectivity index (χ1) is 5.65. The van der Waals surface area contributed by atoms with Gasteiger partial charge in [0, 0.05) is 6.54 Å². The van der Waals surface area contributed by atoms with Gasteiger partial charge < -0.3 is 4.90 Å². The molecule has 0 spiro atoms. The van der Waals surface area contributed by atoms with Gasteiger partial charge in [-0.3, -0.25) is 0 Å². The molecule has 1 heteroatoms. The van der Waals surface area contributed by atoms with Crippen molar-refractivity contribution in [1.29, 1.82) is 0 Å². The molecule has 72 valence electrons. The Bertz CT molecular complexity index is 131. The first-order valence-electron chi connectivity index (χ1n) is 5.33. The van der Waals surface area contributed by atoms with Gasteiger partial charge >= 0.3 is 0 Å². The van der Waals surface area contributed by atoms with Crippen LogP contribution in [-0.4, -0.2) is 25.0 Å². The fraction of sp³-hybridized carbons (Fsp3) is 1.00. The van der Waals surface area contributed by atoms with Crippen LogP contribution >= 0.6 is 0 Å². The molecule has 1 aliphatic heterocycles. The van der Waals surface area contributed by atoms with Crippen LogP contribution in [0.4, 0.5) is 0 Å². The summed E-state index contributed by atoms with van der Waals surface area (Å²) in [6.45, 7) is 9.70. The van der Waals surface area contributed by atoms with E-state index in [-0.39, 0.29) is 0 Å². The van der Waals surface area contributed by atoms with Gasteiger partial charge in [0.25, 0.3) is 0 Å². The normalized spacial score (nSPS) is 32.8. The molecule has 0 amide bonds. The maximum absolute atomic E-state index is 2.48. The number of hydrogen-bond donors (Lipinski definition) is 0. The molecule has 2 atom stereocenters. The van der Waals surface area contributed by atoms with Gasteiger partial charge in [-0.1, -0.05) is 27.2 Å². The summed E-state index contributed by atoms with van der Waals surface area (Å²) in [6, 6.07) is 0. The van der Waals surface area contributed by atoms with Gasteiger partial charge in [-0.05, 0) is 37.8 Å². The van der Waals surface area contributed by atoms with Crippen molar-refractivity contribution in [3.05, 3.63) is 0 Å². The van der Waals surface area contributed by atoms with Crippen LogP contribution in [0.3, 0.4) is 0 Å². The van der Waals surface area contributed by atoms with Crippen LogP contribution in [0.1, 0.15) is 33.6 Å². The molecule has 1 aliphatic rings. The number of rotatable bonds is 2. The molecule has 12 heavy (non-hydrogen) atoms. The fourth-order valence-corrected chi connectivity index (χ4v) is 2.46. The molecule has 0 aromatic heterocycles. The van der Waals surface area contributed by atoms with E-state index in [1.807, 2.05) is 0 Å². The van der Waals surface area contributed by atoms with Crippen molar-refractivity contribution in [3.63, 3.8) is 0 Å². The van der Waals surface area contributed by atoms with Crippen LogP contribution in [0.5, 0.6) is 0 Å². The van der Waals surface area contributed by atoms with Gasteiger partial charge in [0.05, 0.1) is 0 Å². The van der Waals surface area contributed by atoms with Crippen molar-refractivity contribution in [2.24, 2.45) is 17.8 Å². The molecule has 0 aromatic carbocycles. The van der Waals surface area contributed by atoms with Crippen LogP contribution < -0.4 is 0 Å². The van der Waals surface area contributed by atoms with Crippen molar-refractivity contribution < 1.29 is 0 Å². The Morgan fingerprint density at radius 3 is 2.58 bits per heavy atom. The Balaban J connectivity index is 2.52. The zero-order valence-electron chi connectivity index (χ0n) is 9.01. The zero-order valence-corrected chi connectivity index (χ0v) is 9.01. The van der Waals surface area contributed by atoms with Gasteiger partial charge in [-0.25, -0.2) is 0 Å². The van der Waals surface area contributed by atoms with E-state index in [2.05, 4.69) is 32.7 Å². The lowest BCUT2D eigenvalue weighted by atomic mass is 9.77. The molecule has 2 unspecified atom stereocenters. The van der Waals surface area contributed by atoms with Crippen molar-refractivity contribution in [2.75, 3.05) is 20.1 Å². The lowest BCUT2D eigenvalue weighted by Crippen LogP contribution is -2.40. The summed E-state index contributed by atoms with van der Waals surface area (Å²) in [7, 11) is 2.25. The van der Waals surface area contributed by atoms with E-state index in [4.69, 9.17) is 0 Å². The number of piperidine rings is 1. The maximum Gasteiger partial charge on any atom is 0.00117 e. The molecule has 1 nitrogen and oxygen atoms in total. The van der Waals surface area contributed by atoms with Gasteiger partial charge in [-0.15, -0.1) is 0 Å². The van der Waals surface area contributed by atoms with Crippen LogP contribution in [0.15, 0.2) is 0 Å². The Morgan fingerprint density at radius 2 is 2.08 bits per heavy atom. The van der Waals surface area contributed by atoms with E-state index in [1.165, 1.54) is 25.9 Å². The van der Waals surface area contributed by atoms with Gasteiger partial charge in [-0.2, -0.15) is 0 Å². The largest absolute Gasteiger partial charge is 0.306 e. The molecule has 0 aromatic rings. The molecule has 1 rings (SSSR count). The monoisotopic (exact) mass is 169 g/mol. The van der Waals surface area contributed by atoms with E-state index in [0.29, 0.717) is 0 Å². The summed E-state index contributed by atoms with van der Waals surface area (Å²) in [6.07, 6.45) is 2.78. The molecule has 0 N–H and O–H groups in total. The highest BCUT2D eigenvalue weighted by atomic mass is 15.1. The minimum atomic E-state index is 0.859. The third-order valence-corrected chi connectivity index (χ3v) is 3.39. The highest BCUT2D eigenvalue weighted by Crippen LogP contribution is 2.30. The molecular formula is C11H23N. The summed E-state index contributed by atoms with van der Waals surface area (Å²) >= 11 is 0. The molecule has 0 aliphatic carbocycles. The fourth-order valence-electron chi connectivity index (χ4n) is 2.46. The Labute approximate surface area is 77.1 Å². The zero-order chi connectivity index (χ0) is 9.14. The molecular weight excluding hydrogens is 146 g/mol. The quantitative estimate of drug-likeness (QED) is 0.614. The summed E-state index contributed by atoms with van der Waals surface area (Å²) in [4.78, 5) is 2.48. The van der Waals surface area contributed by atoms with Gasteiger partial charge in [0.1, 0.15) is 0 Å². The highest BCUT2D eigenvalue weighted by molar-refractivity contribution is 4.80. The second-order valence-corrected chi connectivity index (χ2v) is 4.63. The number of likely N-dealkylation sites (tertiary alicyclic amines) is 1. The Morgan fingerprint density at radius 1 is 1.42 bits per heavy atom. The van der Waals surface area contributed by atoms with E-state index in [0.717, 1.165) is 17.8 Å². The minimum Gasteiger partial charge on any atom is -0.306 e. The smallest absolute Gasteiger partial charge is 0.00117 e. The van der Waals surface area contributed by atoms with E-state index in [1.54, 1.807) is 0 Å². The first kappa shape index (κ1) is 10.0. The predicted octanol–water partition coefficient (Wildman–Crippen LogP) is 2.62. The SMILES string of the molecule is CCC1CCN(C)CC1C(C)C. The molecule has 0 radical (unpaired) electrons. The predicted molar refractivity (Wildman–Crippen MR) is 54.2 cm³/mol. The van der Waals surface area contributed by atoms with Crippen LogP contribution in [-0.2, 0) is 0 Å². The summed E-state index contributed by atoms with van der Waals surface area (Å²) < 4.78 is 0. The topological polar surface area (TPSA) is 3.24 Å². The van der Waals surface area contributed by atoms with E-state index >= 15 is 0 Å². The second kappa shape index (κ2) is 4.27. The molecule has 0 bridgehead atoms. The molecule has 1 heterocycles. The summed E-state index contributed by atoms with van der Waals surface area (Å²) in [5.41, 5.74) is 0. The lowest BCUT2D eigenvalue weighted by molar-refractivity contribution is 0.105. The average Bonchev–Trinajstić information content (AvgIpc) is 2.04. The number of hydrogen-bond acceptors (Lipinski definition) is 1. The lowest BCUT2D eigenvalue weighted by Gasteiger charge is -2.38. The van der Waals surface area contributed by atoms with Crippen molar-refractivity contribution >= 4 is 0 Å². The summed E-state index contributed by atoms with van der Waals surface area (Å²) in [5, 5.41) is 0. The van der Waals surface area contributed by atoms with Crippen LogP contribution in [0, 0.1) is 17.8 Å². The average molecular weight is 169 g/mol. The third-order valence-electron chi connectivity index (χ3n) is 3.39. The Kier molecular flexibility index (Phi) is 3.57. The van der Waals surface area contributed by atoms with Gasteiger partial charge in [0.2, 0.25) is 0 Å². The summed E-state index contributed by atoms with van der Waals surface area (Å²) in [5.74, 6) is 2.78. The minimum absolute atomic E-state index is 0.859.